The van der Waals surface area contributed by atoms with E-state index in [9.17, 15) is 4.79 Å². The lowest BCUT2D eigenvalue weighted by Gasteiger charge is -2.22. The third-order valence-corrected chi connectivity index (χ3v) is 2.96. The third-order valence-electron chi connectivity index (χ3n) is 2.96. The molecule has 6 heteroatoms. The van der Waals surface area contributed by atoms with E-state index >= 15 is 0 Å². The van der Waals surface area contributed by atoms with Gasteiger partial charge in [0, 0.05) is 26.4 Å². The van der Waals surface area contributed by atoms with Gasteiger partial charge in [-0.15, -0.1) is 0 Å². The summed E-state index contributed by atoms with van der Waals surface area (Å²) in [6.45, 7) is 3.04. The standard InChI is InChI=1S/C15H23NO5/c1-10(7-13(5-6-17)21-11(2)19)20-15-4-3-12(9-18)8-14(15)16/h3-4,8,10,13,17-18H,5-7,9,16H2,1-2H3. The van der Waals surface area contributed by atoms with Gasteiger partial charge in [0.15, 0.2) is 0 Å². The van der Waals surface area contributed by atoms with Crippen LogP contribution in [0.15, 0.2) is 18.2 Å². The van der Waals surface area contributed by atoms with Crippen molar-refractivity contribution in [2.45, 2.75) is 45.5 Å². The Morgan fingerprint density at radius 3 is 2.62 bits per heavy atom. The highest BCUT2D eigenvalue weighted by Crippen LogP contribution is 2.25. The molecule has 0 heterocycles. The molecule has 0 saturated carbocycles. The van der Waals surface area contributed by atoms with E-state index in [0.29, 0.717) is 29.8 Å². The van der Waals surface area contributed by atoms with Crippen LogP contribution in [0.25, 0.3) is 0 Å². The van der Waals surface area contributed by atoms with Gasteiger partial charge in [-0.1, -0.05) is 6.07 Å². The van der Waals surface area contributed by atoms with Crippen LogP contribution < -0.4 is 10.5 Å². The molecule has 0 aromatic heterocycles. The highest BCUT2D eigenvalue weighted by molar-refractivity contribution is 5.66. The van der Waals surface area contributed by atoms with Crippen LogP contribution >= 0.6 is 0 Å². The smallest absolute Gasteiger partial charge is 0.302 e. The van der Waals surface area contributed by atoms with Gasteiger partial charge in [0.2, 0.25) is 0 Å². The summed E-state index contributed by atoms with van der Waals surface area (Å²) < 4.78 is 10.8. The van der Waals surface area contributed by atoms with Crippen LogP contribution in [0.4, 0.5) is 5.69 Å². The van der Waals surface area contributed by atoms with Crippen molar-refractivity contribution in [3.05, 3.63) is 23.8 Å². The minimum atomic E-state index is -0.388. The van der Waals surface area contributed by atoms with E-state index in [-0.39, 0.29) is 31.4 Å². The number of benzene rings is 1. The second kappa shape index (κ2) is 8.49. The number of hydrogen-bond acceptors (Lipinski definition) is 6. The molecule has 0 aliphatic heterocycles. The Hall–Kier alpha value is -1.79. The highest BCUT2D eigenvalue weighted by Gasteiger charge is 2.17. The van der Waals surface area contributed by atoms with E-state index in [1.807, 2.05) is 6.92 Å². The Bertz CT molecular complexity index is 463. The molecule has 1 rings (SSSR count). The monoisotopic (exact) mass is 297 g/mol. The quantitative estimate of drug-likeness (QED) is 0.493. The molecule has 118 valence electrons. The molecule has 2 atom stereocenters. The Morgan fingerprint density at radius 1 is 1.38 bits per heavy atom. The molecule has 0 radical (unpaired) electrons. The van der Waals surface area contributed by atoms with Crippen molar-refractivity contribution >= 4 is 11.7 Å². The number of carbonyl (C=O) groups excluding carboxylic acids is 1. The summed E-state index contributed by atoms with van der Waals surface area (Å²) in [5.74, 6) is 0.137. The normalized spacial score (nSPS) is 13.5. The molecule has 0 spiro atoms. The summed E-state index contributed by atoms with van der Waals surface area (Å²) in [6.07, 6.45) is 0.205. The number of nitrogens with two attached hydrogens (primary N) is 1. The molecule has 0 aliphatic carbocycles. The summed E-state index contributed by atoms with van der Waals surface area (Å²) in [5, 5.41) is 18.0. The van der Waals surface area contributed by atoms with E-state index in [2.05, 4.69) is 0 Å². The third kappa shape index (κ3) is 6.01. The number of ether oxygens (including phenoxy) is 2. The highest BCUT2D eigenvalue weighted by atomic mass is 16.5. The summed E-state index contributed by atoms with van der Waals surface area (Å²) in [5.41, 5.74) is 7.01. The predicted molar refractivity (Wildman–Crippen MR) is 78.7 cm³/mol. The number of aliphatic hydroxyl groups is 2. The fraction of sp³-hybridized carbons (Fsp3) is 0.533. The van der Waals surface area contributed by atoms with E-state index in [1.165, 1.54) is 6.92 Å². The van der Waals surface area contributed by atoms with E-state index in [4.69, 9.17) is 25.4 Å². The van der Waals surface area contributed by atoms with Gasteiger partial charge in [-0.2, -0.15) is 0 Å². The van der Waals surface area contributed by atoms with Crippen molar-refractivity contribution in [2.24, 2.45) is 0 Å². The SMILES string of the molecule is CC(=O)OC(CCO)CC(C)Oc1ccc(CO)cc1N. The molecule has 4 N–H and O–H groups in total. The number of hydrogen-bond donors (Lipinski definition) is 3. The molecule has 1 aromatic rings. The minimum Gasteiger partial charge on any atom is -0.488 e. The van der Waals surface area contributed by atoms with Gasteiger partial charge < -0.3 is 25.4 Å². The Balaban J connectivity index is 2.62. The molecule has 0 aliphatic rings. The first kappa shape index (κ1) is 17.3. The van der Waals surface area contributed by atoms with E-state index in [0.717, 1.165) is 0 Å². The molecule has 0 bridgehead atoms. The van der Waals surface area contributed by atoms with Crippen molar-refractivity contribution in [1.82, 2.24) is 0 Å². The Labute approximate surface area is 124 Å². The van der Waals surface area contributed by atoms with Gasteiger partial charge >= 0.3 is 5.97 Å². The maximum absolute atomic E-state index is 11.0. The molecule has 0 fully saturated rings. The summed E-state index contributed by atoms with van der Waals surface area (Å²) in [6, 6.07) is 5.08. The summed E-state index contributed by atoms with van der Waals surface area (Å²) in [4.78, 5) is 11.0. The number of carbonyl (C=O) groups is 1. The number of nitrogen functional groups attached to an aromatic ring is 1. The zero-order valence-corrected chi connectivity index (χ0v) is 12.4. The van der Waals surface area contributed by atoms with Crippen LogP contribution in [0.5, 0.6) is 5.75 Å². The van der Waals surface area contributed by atoms with Gasteiger partial charge in [-0.05, 0) is 24.6 Å². The van der Waals surface area contributed by atoms with E-state index in [1.54, 1.807) is 18.2 Å². The molecule has 6 nitrogen and oxygen atoms in total. The van der Waals surface area contributed by atoms with Gasteiger partial charge in [-0.3, -0.25) is 4.79 Å². The zero-order chi connectivity index (χ0) is 15.8. The van der Waals surface area contributed by atoms with E-state index < -0.39 is 0 Å². The van der Waals surface area contributed by atoms with Crippen LogP contribution in [0, 0.1) is 0 Å². The molecular weight excluding hydrogens is 274 g/mol. The second-order valence-electron chi connectivity index (χ2n) is 4.94. The number of esters is 1. The number of aliphatic hydroxyl groups excluding tert-OH is 2. The number of rotatable bonds is 8. The largest absolute Gasteiger partial charge is 0.488 e. The lowest BCUT2D eigenvalue weighted by atomic mass is 10.1. The lowest BCUT2D eigenvalue weighted by molar-refractivity contribution is -0.148. The topological polar surface area (TPSA) is 102 Å². The van der Waals surface area contributed by atoms with Crippen molar-refractivity contribution in [3.8, 4) is 5.75 Å². The van der Waals surface area contributed by atoms with Crippen molar-refractivity contribution in [2.75, 3.05) is 12.3 Å². The van der Waals surface area contributed by atoms with Crippen LogP contribution in [0.2, 0.25) is 0 Å². The summed E-state index contributed by atoms with van der Waals surface area (Å²) in [7, 11) is 0. The average Bonchev–Trinajstić information content (AvgIpc) is 2.40. The minimum absolute atomic E-state index is 0.0575. The van der Waals surface area contributed by atoms with Crippen LogP contribution in [-0.2, 0) is 16.1 Å². The first-order valence-corrected chi connectivity index (χ1v) is 6.90. The second-order valence-corrected chi connectivity index (χ2v) is 4.94. The van der Waals surface area contributed by atoms with Crippen molar-refractivity contribution < 1.29 is 24.5 Å². The van der Waals surface area contributed by atoms with Crippen LogP contribution in [0.3, 0.4) is 0 Å². The molecule has 0 amide bonds. The molecule has 2 unspecified atom stereocenters. The van der Waals surface area contributed by atoms with Gasteiger partial charge in [0.25, 0.3) is 0 Å². The molecule has 21 heavy (non-hydrogen) atoms. The Kier molecular flexibility index (Phi) is 6.98. The fourth-order valence-corrected chi connectivity index (χ4v) is 2.04. The van der Waals surface area contributed by atoms with Gasteiger partial charge in [-0.25, -0.2) is 0 Å². The van der Waals surface area contributed by atoms with Crippen LogP contribution in [0.1, 0.15) is 32.3 Å². The zero-order valence-electron chi connectivity index (χ0n) is 12.4. The number of anilines is 1. The maximum atomic E-state index is 11.0. The van der Waals surface area contributed by atoms with Gasteiger partial charge in [0.05, 0.1) is 18.4 Å². The Morgan fingerprint density at radius 2 is 2.10 bits per heavy atom. The molecule has 0 saturated heterocycles. The lowest BCUT2D eigenvalue weighted by Crippen LogP contribution is -2.26. The van der Waals surface area contributed by atoms with Crippen LogP contribution in [-0.4, -0.2) is 35.0 Å². The predicted octanol–water partition coefficient (Wildman–Crippen LogP) is 1.23. The van der Waals surface area contributed by atoms with Gasteiger partial charge in [0.1, 0.15) is 11.9 Å². The maximum Gasteiger partial charge on any atom is 0.302 e. The average molecular weight is 297 g/mol. The molecular formula is C15H23NO5. The first-order chi connectivity index (χ1) is 9.96. The molecule has 1 aromatic carbocycles. The fourth-order valence-electron chi connectivity index (χ4n) is 2.04. The first-order valence-electron chi connectivity index (χ1n) is 6.90. The van der Waals surface area contributed by atoms with Crippen molar-refractivity contribution in [1.29, 1.82) is 0 Å². The summed E-state index contributed by atoms with van der Waals surface area (Å²) >= 11 is 0. The van der Waals surface area contributed by atoms with Crippen molar-refractivity contribution in [3.63, 3.8) is 0 Å².